The molecule has 0 aromatic carbocycles. The topological polar surface area (TPSA) is 50.4 Å². The Labute approximate surface area is 176 Å². The summed E-state index contributed by atoms with van der Waals surface area (Å²) in [6.45, 7) is 6.41. The first-order chi connectivity index (χ1) is 13.8. The molecule has 2 atom stereocenters. The molecule has 3 nitrogen and oxygen atoms in total. The molecule has 0 saturated heterocycles. The minimum Gasteiger partial charge on any atom is -0.371 e. The van der Waals surface area contributed by atoms with Gasteiger partial charge < -0.3 is 11.1 Å². The Bertz CT molecular complexity index is 403. The largest absolute Gasteiger partial charge is 0.371 e. The smallest absolute Gasteiger partial charge is 0.114 e. The van der Waals surface area contributed by atoms with Crippen LogP contribution in [-0.2, 0) is 0 Å². The van der Waals surface area contributed by atoms with Crippen LogP contribution in [-0.4, -0.2) is 25.0 Å². The molecule has 2 unspecified atom stereocenters. The molecule has 0 amide bonds. The van der Waals surface area contributed by atoms with E-state index in [-0.39, 0.29) is 6.04 Å². The normalized spacial score (nSPS) is 16.3. The number of hydrogen-bond donors (Lipinski definition) is 2. The molecule has 0 radical (unpaired) electrons. The molecule has 1 aliphatic rings. The minimum absolute atomic E-state index is 0.121. The molecule has 164 valence electrons. The zero-order chi connectivity index (χ0) is 20.3. The summed E-state index contributed by atoms with van der Waals surface area (Å²) in [4.78, 5) is 4.50. The highest BCUT2D eigenvalue weighted by atomic mass is 15.1. The van der Waals surface area contributed by atoms with Crippen LogP contribution in [0.3, 0.4) is 0 Å². The third kappa shape index (κ3) is 12.6. The lowest BCUT2D eigenvalue weighted by Crippen LogP contribution is -2.43. The lowest BCUT2D eigenvalue weighted by atomic mass is 9.90. The van der Waals surface area contributed by atoms with Gasteiger partial charge in [0, 0.05) is 6.54 Å². The summed E-state index contributed by atoms with van der Waals surface area (Å²) in [5.41, 5.74) is 6.40. The van der Waals surface area contributed by atoms with Gasteiger partial charge in [0.15, 0.2) is 0 Å². The van der Waals surface area contributed by atoms with Crippen LogP contribution in [0.1, 0.15) is 117 Å². The standard InChI is InChI=1S/C25H49N3/c1-3-5-6-7-8-9-10-11-12-13-14-15-16-17-18-19-20-23(4-2)24(26)25-27-21-22-28-25/h11-12,23-24H,3-10,13-22,26H2,1-2H3,(H,27,28)/b12-11-. The second-order valence-corrected chi connectivity index (χ2v) is 8.61. The molecule has 0 saturated carbocycles. The SMILES string of the molecule is CCCCCCCC/C=C\CCCCCCCCC(CC)C(N)C1=NCCN1. The lowest BCUT2D eigenvalue weighted by molar-refractivity contribution is 0.412. The van der Waals surface area contributed by atoms with Crippen LogP contribution in [0, 0.1) is 5.92 Å². The van der Waals surface area contributed by atoms with Gasteiger partial charge in [-0.2, -0.15) is 0 Å². The van der Waals surface area contributed by atoms with Crippen LogP contribution in [0.2, 0.25) is 0 Å². The van der Waals surface area contributed by atoms with Gasteiger partial charge in [-0.1, -0.05) is 96.6 Å². The van der Waals surface area contributed by atoms with E-state index in [9.17, 15) is 0 Å². The Balaban J connectivity index is 1.87. The first-order valence-corrected chi connectivity index (χ1v) is 12.5. The first-order valence-electron chi connectivity index (χ1n) is 12.5. The van der Waals surface area contributed by atoms with Crippen molar-refractivity contribution in [2.75, 3.05) is 13.1 Å². The number of unbranched alkanes of at least 4 members (excludes halogenated alkanes) is 12. The summed E-state index contributed by atoms with van der Waals surface area (Å²) in [5.74, 6) is 1.64. The molecule has 0 bridgehead atoms. The molecule has 3 heteroatoms. The second-order valence-electron chi connectivity index (χ2n) is 8.61. The predicted molar refractivity (Wildman–Crippen MR) is 126 cm³/mol. The van der Waals surface area contributed by atoms with Crippen LogP contribution >= 0.6 is 0 Å². The van der Waals surface area contributed by atoms with Gasteiger partial charge in [0.2, 0.25) is 0 Å². The fourth-order valence-corrected chi connectivity index (χ4v) is 4.15. The van der Waals surface area contributed by atoms with E-state index in [4.69, 9.17) is 5.73 Å². The van der Waals surface area contributed by atoms with E-state index in [2.05, 4.69) is 36.3 Å². The molecule has 3 N–H and O–H groups in total. The third-order valence-corrected chi connectivity index (χ3v) is 6.13. The number of nitrogens with two attached hydrogens (primary N) is 1. The highest BCUT2D eigenvalue weighted by Gasteiger charge is 2.22. The van der Waals surface area contributed by atoms with Gasteiger partial charge in [-0.3, -0.25) is 4.99 Å². The molecule has 0 fully saturated rings. The molecular weight excluding hydrogens is 342 g/mol. The van der Waals surface area contributed by atoms with Crippen LogP contribution in [0.5, 0.6) is 0 Å². The molecule has 0 aliphatic carbocycles. The van der Waals surface area contributed by atoms with Crippen molar-refractivity contribution in [2.24, 2.45) is 16.6 Å². The van der Waals surface area contributed by atoms with Crippen molar-refractivity contribution in [1.29, 1.82) is 0 Å². The average molecular weight is 392 g/mol. The van der Waals surface area contributed by atoms with Gasteiger partial charge in [-0.15, -0.1) is 0 Å². The van der Waals surface area contributed by atoms with Crippen LogP contribution < -0.4 is 11.1 Å². The van der Waals surface area contributed by atoms with Crippen molar-refractivity contribution in [3.05, 3.63) is 12.2 Å². The third-order valence-electron chi connectivity index (χ3n) is 6.13. The number of rotatable bonds is 19. The monoisotopic (exact) mass is 391 g/mol. The van der Waals surface area contributed by atoms with Gasteiger partial charge in [-0.25, -0.2) is 0 Å². The molecule has 0 spiro atoms. The Morgan fingerprint density at radius 1 is 0.857 bits per heavy atom. The molecule has 1 heterocycles. The number of nitrogens with zero attached hydrogens (tertiary/aromatic N) is 1. The van der Waals surface area contributed by atoms with Crippen molar-refractivity contribution in [3.63, 3.8) is 0 Å². The zero-order valence-corrected chi connectivity index (χ0v) is 19.1. The highest BCUT2D eigenvalue weighted by Crippen LogP contribution is 2.19. The summed E-state index contributed by atoms with van der Waals surface area (Å²) in [7, 11) is 0. The summed E-state index contributed by atoms with van der Waals surface area (Å²) in [5, 5.41) is 3.35. The zero-order valence-electron chi connectivity index (χ0n) is 19.1. The maximum Gasteiger partial charge on any atom is 0.114 e. The Hall–Kier alpha value is -0.830. The van der Waals surface area contributed by atoms with Crippen molar-refractivity contribution < 1.29 is 0 Å². The van der Waals surface area contributed by atoms with Gasteiger partial charge in [0.1, 0.15) is 5.84 Å². The van der Waals surface area contributed by atoms with Crippen molar-refractivity contribution >= 4 is 5.84 Å². The van der Waals surface area contributed by atoms with E-state index >= 15 is 0 Å². The maximum absolute atomic E-state index is 6.40. The van der Waals surface area contributed by atoms with Crippen molar-refractivity contribution in [1.82, 2.24) is 5.32 Å². The van der Waals surface area contributed by atoms with Gasteiger partial charge in [-0.05, 0) is 38.0 Å². The van der Waals surface area contributed by atoms with Crippen LogP contribution in [0.15, 0.2) is 17.1 Å². The van der Waals surface area contributed by atoms with Gasteiger partial charge >= 0.3 is 0 Å². The van der Waals surface area contributed by atoms with Crippen molar-refractivity contribution in [3.8, 4) is 0 Å². The van der Waals surface area contributed by atoms with E-state index < -0.39 is 0 Å². The summed E-state index contributed by atoms with van der Waals surface area (Å²) in [6, 6.07) is 0.121. The lowest BCUT2D eigenvalue weighted by Gasteiger charge is -2.22. The fourth-order valence-electron chi connectivity index (χ4n) is 4.15. The highest BCUT2D eigenvalue weighted by molar-refractivity contribution is 5.88. The molecule has 0 aromatic rings. The Morgan fingerprint density at radius 2 is 1.43 bits per heavy atom. The quantitative estimate of drug-likeness (QED) is 0.188. The van der Waals surface area contributed by atoms with E-state index in [1.54, 1.807) is 0 Å². The van der Waals surface area contributed by atoms with E-state index in [1.165, 1.54) is 96.3 Å². The molecule has 28 heavy (non-hydrogen) atoms. The van der Waals surface area contributed by atoms with E-state index in [0.717, 1.165) is 25.3 Å². The van der Waals surface area contributed by atoms with E-state index in [0.29, 0.717) is 5.92 Å². The van der Waals surface area contributed by atoms with Crippen molar-refractivity contribution in [2.45, 2.75) is 123 Å². The molecular formula is C25H49N3. The number of hydrogen-bond acceptors (Lipinski definition) is 3. The summed E-state index contributed by atoms with van der Waals surface area (Å²) in [6.07, 6.45) is 26.4. The van der Waals surface area contributed by atoms with Crippen LogP contribution in [0.4, 0.5) is 0 Å². The van der Waals surface area contributed by atoms with Crippen LogP contribution in [0.25, 0.3) is 0 Å². The number of aliphatic imine (C=N–C) groups is 1. The summed E-state index contributed by atoms with van der Waals surface area (Å²) < 4.78 is 0. The molecule has 0 aromatic heterocycles. The number of nitrogens with one attached hydrogen (secondary N) is 1. The minimum atomic E-state index is 0.121. The summed E-state index contributed by atoms with van der Waals surface area (Å²) >= 11 is 0. The number of amidine groups is 1. The maximum atomic E-state index is 6.40. The Morgan fingerprint density at radius 3 is 1.96 bits per heavy atom. The molecule has 1 aliphatic heterocycles. The number of allylic oxidation sites excluding steroid dienone is 2. The van der Waals surface area contributed by atoms with Gasteiger partial charge in [0.05, 0.1) is 12.6 Å². The average Bonchev–Trinajstić information content (AvgIpc) is 3.25. The van der Waals surface area contributed by atoms with Gasteiger partial charge in [0.25, 0.3) is 0 Å². The predicted octanol–water partition coefficient (Wildman–Crippen LogP) is 6.77. The van der Waals surface area contributed by atoms with E-state index in [1.807, 2.05) is 0 Å². The first kappa shape index (κ1) is 25.2. The Kier molecular flexibility index (Phi) is 16.4. The molecule has 1 rings (SSSR count). The second kappa shape index (κ2) is 18.2. The fraction of sp³-hybridized carbons (Fsp3) is 0.880.